The number of benzene rings is 2. The Hall–Kier alpha value is -3.46. The summed E-state index contributed by atoms with van der Waals surface area (Å²) >= 11 is 6.34. The second-order valence-corrected chi connectivity index (χ2v) is 10.4. The number of halogens is 1. The smallest absolute Gasteiger partial charge is 0.338 e. The standard InChI is InChI=1S/C28H37ClN4O5/c1-6-37-26(36)20-13-19(14-21(15-20)32-27(30)31)25(35)33(29)12-8-7-10-28(5)11-9-22-18(4)23(34)16(2)17(3)24(22)38-28/h13-15,34H,6-12H2,1-5H3,(H4,30,31,32). The Balaban J connectivity index is 1.63. The molecule has 0 spiro atoms. The largest absolute Gasteiger partial charge is 0.507 e. The molecule has 1 amide bonds. The number of hydrogen-bond donors (Lipinski definition) is 3. The topological polar surface area (TPSA) is 140 Å². The highest BCUT2D eigenvalue weighted by Gasteiger charge is 2.34. The summed E-state index contributed by atoms with van der Waals surface area (Å²) in [5, 5.41) is 10.4. The quantitative estimate of drug-likeness (QED) is 0.133. The first kappa shape index (κ1) is 29.1. The van der Waals surface area contributed by atoms with Gasteiger partial charge in [0.2, 0.25) is 0 Å². The number of unbranched alkanes of at least 4 members (excludes halogenated alkanes) is 1. The second kappa shape index (κ2) is 11.9. The van der Waals surface area contributed by atoms with Gasteiger partial charge in [0.1, 0.15) is 17.1 Å². The molecule has 2 aromatic carbocycles. The SMILES string of the molecule is CCOC(=O)c1cc(N=C(N)N)cc(C(=O)N(Cl)CCCCC2(C)CCc3c(C)c(O)c(C)c(C)c3O2)c1. The number of carbonyl (C=O) groups excluding carboxylic acids is 2. The van der Waals surface area contributed by atoms with Gasteiger partial charge in [-0.2, -0.15) is 0 Å². The summed E-state index contributed by atoms with van der Waals surface area (Å²) in [7, 11) is 0. The third kappa shape index (κ3) is 6.51. The molecule has 0 fully saturated rings. The van der Waals surface area contributed by atoms with Crippen molar-refractivity contribution in [3.05, 3.63) is 51.6 Å². The van der Waals surface area contributed by atoms with E-state index in [1.165, 1.54) is 18.2 Å². The minimum atomic E-state index is -0.589. The Kier molecular flexibility index (Phi) is 9.14. The van der Waals surface area contributed by atoms with Gasteiger partial charge in [0.25, 0.3) is 5.91 Å². The molecule has 0 radical (unpaired) electrons. The molecule has 206 valence electrons. The number of nitrogens with two attached hydrogens (primary N) is 2. The van der Waals surface area contributed by atoms with E-state index in [0.717, 1.165) is 58.1 Å². The number of ether oxygens (including phenoxy) is 2. The van der Waals surface area contributed by atoms with E-state index in [2.05, 4.69) is 11.9 Å². The van der Waals surface area contributed by atoms with Gasteiger partial charge in [-0.05, 0) is 102 Å². The number of phenolic OH excluding ortho intramolecular Hbond substituents is 1. The maximum absolute atomic E-state index is 13.0. The zero-order valence-electron chi connectivity index (χ0n) is 22.7. The van der Waals surface area contributed by atoms with Crippen molar-refractivity contribution in [3.63, 3.8) is 0 Å². The van der Waals surface area contributed by atoms with Crippen LogP contribution in [-0.4, -0.2) is 46.1 Å². The Bertz CT molecular complexity index is 1260. The number of hydrogen-bond acceptors (Lipinski definition) is 6. The van der Waals surface area contributed by atoms with Crippen LogP contribution in [0.15, 0.2) is 23.2 Å². The lowest BCUT2D eigenvalue weighted by molar-refractivity contribution is 0.0516. The van der Waals surface area contributed by atoms with Crippen LogP contribution in [0.2, 0.25) is 0 Å². The monoisotopic (exact) mass is 544 g/mol. The van der Waals surface area contributed by atoms with Crippen molar-refractivity contribution in [1.29, 1.82) is 0 Å². The number of carbonyl (C=O) groups is 2. The predicted octanol–water partition coefficient (Wildman–Crippen LogP) is 4.95. The molecule has 10 heteroatoms. The number of fused-ring (bicyclic) bond motifs is 1. The number of guanidine groups is 1. The third-order valence-electron chi connectivity index (χ3n) is 7.06. The molecular weight excluding hydrogens is 508 g/mol. The van der Waals surface area contributed by atoms with Crippen molar-refractivity contribution < 1.29 is 24.2 Å². The molecule has 1 unspecified atom stereocenters. The molecule has 38 heavy (non-hydrogen) atoms. The van der Waals surface area contributed by atoms with Crippen molar-refractivity contribution in [2.24, 2.45) is 16.5 Å². The summed E-state index contributed by atoms with van der Waals surface area (Å²) in [5.74, 6) is -0.0449. The van der Waals surface area contributed by atoms with Crippen LogP contribution in [0.1, 0.15) is 82.5 Å². The van der Waals surface area contributed by atoms with Gasteiger partial charge in [-0.15, -0.1) is 0 Å². The van der Waals surface area contributed by atoms with E-state index in [1.54, 1.807) is 6.92 Å². The van der Waals surface area contributed by atoms with Crippen LogP contribution in [0.3, 0.4) is 0 Å². The normalized spacial score (nSPS) is 16.3. The predicted molar refractivity (Wildman–Crippen MR) is 148 cm³/mol. The molecule has 3 rings (SSSR count). The van der Waals surface area contributed by atoms with Gasteiger partial charge < -0.3 is 26.0 Å². The summed E-state index contributed by atoms with van der Waals surface area (Å²) in [4.78, 5) is 29.2. The number of aliphatic imine (C=N–C) groups is 1. The molecule has 0 saturated carbocycles. The first-order chi connectivity index (χ1) is 17.9. The van der Waals surface area contributed by atoms with Gasteiger partial charge in [0.15, 0.2) is 5.96 Å². The van der Waals surface area contributed by atoms with Gasteiger partial charge in [-0.1, -0.05) is 0 Å². The Morgan fingerprint density at radius 3 is 2.47 bits per heavy atom. The fourth-order valence-electron chi connectivity index (χ4n) is 4.74. The summed E-state index contributed by atoms with van der Waals surface area (Å²) in [5.41, 5.74) is 14.9. The van der Waals surface area contributed by atoms with Gasteiger partial charge in [-0.25, -0.2) is 9.79 Å². The van der Waals surface area contributed by atoms with Crippen LogP contribution >= 0.6 is 11.8 Å². The van der Waals surface area contributed by atoms with Gasteiger partial charge >= 0.3 is 5.97 Å². The second-order valence-electron chi connectivity index (χ2n) is 9.96. The summed E-state index contributed by atoms with van der Waals surface area (Å²) in [6.45, 7) is 10.1. The van der Waals surface area contributed by atoms with Gasteiger partial charge in [0, 0.05) is 29.4 Å². The summed E-state index contributed by atoms with van der Waals surface area (Å²) in [6, 6.07) is 4.33. The zero-order valence-corrected chi connectivity index (χ0v) is 23.4. The highest BCUT2D eigenvalue weighted by molar-refractivity contribution is 6.24. The van der Waals surface area contributed by atoms with Crippen molar-refractivity contribution >= 4 is 35.3 Å². The van der Waals surface area contributed by atoms with Crippen LogP contribution in [0, 0.1) is 20.8 Å². The van der Waals surface area contributed by atoms with Crippen molar-refractivity contribution in [1.82, 2.24) is 4.42 Å². The van der Waals surface area contributed by atoms with E-state index in [1.807, 2.05) is 20.8 Å². The van der Waals surface area contributed by atoms with E-state index >= 15 is 0 Å². The highest BCUT2D eigenvalue weighted by Crippen LogP contribution is 2.44. The van der Waals surface area contributed by atoms with Crippen molar-refractivity contribution in [2.75, 3.05) is 13.2 Å². The maximum Gasteiger partial charge on any atom is 0.338 e. The fourth-order valence-corrected chi connectivity index (χ4v) is 4.96. The molecule has 1 atom stereocenters. The molecule has 9 nitrogen and oxygen atoms in total. The van der Waals surface area contributed by atoms with Crippen LogP contribution in [0.25, 0.3) is 0 Å². The van der Waals surface area contributed by atoms with E-state index in [0.29, 0.717) is 18.7 Å². The molecular formula is C28H37ClN4O5. The maximum atomic E-state index is 13.0. The molecule has 0 saturated heterocycles. The number of rotatable bonds is 9. The van der Waals surface area contributed by atoms with Crippen LogP contribution in [0.5, 0.6) is 11.5 Å². The minimum absolute atomic E-state index is 0.152. The molecule has 5 N–H and O–H groups in total. The number of esters is 1. The first-order valence-electron chi connectivity index (χ1n) is 12.8. The molecule has 0 aliphatic carbocycles. The van der Waals surface area contributed by atoms with Gasteiger partial charge in [-0.3, -0.25) is 9.21 Å². The summed E-state index contributed by atoms with van der Waals surface area (Å²) < 4.78 is 12.6. The van der Waals surface area contributed by atoms with Crippen LogP contribution in [-0.2, 0) is 11.2 Å². The Morgan fingerprint density at radius 2 is 1.82 bits per heavy atom. The van der Waals surface area contributed by atoms with E-state index in [4.69, 9.17) is 32.7 Å². The molecule has 2 aromatic rings. The first-order valence-corrected chi connectivity index (χ1v) is 13.1. The lowest BCUT2D eigenvalue weighted by atomic mass is 9.85. The van der Waals surface area contributed by atoms with Crippen molar-refractivity contribution in [2.45, 2.75) is 72.3 Å². The molecule has 0 bridgehead atoms. The molecule has 1 aliphatic rings. The number of nitrogens with zero attached hydrogens (tertiary/aromatic N) is 2. The van der Waals surface area contributed by atoms with E-state index in [-0.39, 0.29) is 35.0 Å². The molecule has 1 aliphatic heterocycles. The minimum Gasteiger partial charge on any atom is -0.507 e. The molecule has 0 aromatic heterocycles. The average Bonchev–Trinajstić information content (AvgIpc) is 2.87. The lowest BCUT2D eigenvalue weighted by Gasteiger charge is -2.38. The van der Waals surface area contributed by atoms with E-state index < -0.39 is 11.9 Å². The zero-order chi connectivity index (χ0) is 28.2. The van der Waals surface area contributed by atoms with Crippen LogP contribution in [0.4, 0.5) is 5.69 Å². The summed E-state index contributed by atoms with van der Waals surface area (Å²) in [6.07, 6.45) is 3.91. The number of phenols is 1. The fraction of sp³-hybridized carbons (Fsp3) is 0.464. The lowest BCUT2D eigenvalue weighted by Crippen LogP contribution is -2.37. The van der Waals surface area contributed by atoms with E-state index in [9.17, 15) is 14.7 Å². The third-order valence-corrected chi connectivity index (χ3v) is 7.38. The molecule has 1 heterocycles. The van der Waals surface area contributed by atoms with Crippen molar-refractivity contribution in [3.8, 4) is 11.5 Å². The number of aromatic hydroxyl groups is 1. The Morgan fingerprint density at radius 1 is 1.13 bits per heavy atom. The highest BCUT2D eigenvalue weighted by atomic mass is 35.5. The van der Waals surface area contributed by atoms with Crippen LogP contribution < -0.4 is 16.2 Å². The van der Waals surface area contributed by atoms with Gasteiger partial charge in [0.05, 0.1) is 17.9 Å². The average molecular weight is 545 g/mol. The number of amides is 1. The Labute approximate surface area is 228 Å².